The molecule has 1 aromatic carbocycles. The maximum atomic E-state index is 9.07. The van der Waals surface area contributed by atoms with Crippen LogP contribution in [0, 0.1) is 23.2 Å². The van der Waals surface area contributed by atoms with Crippen LogP contribution in [-0.4, -0.2) is 30.1 Å². The summed E-state index contributed by atoms with van der Waals surface area (Å²) in [6, 6.07) is 9.00. The van der Waals surface area contributed by atoms with Crippen LogP contribution in [-0.2, 0) is 11.2 Å². The van der Waals surface area contributed by atoms with Crippen molar-refractivity contribution in [1.82, 2.24) is 4.90 Å². The van der Waals surface area contributed by atoms with Crippen LogP contribution in [0.2, 0.25) is 0 Å². The molecule has 1 unspecified atom stereocenters. The van der Waals surface area contributed by atoms with Crippen LogP contribution >= 0.6 is 0 Å². The van der Waals surface area contributed by atoms with Crippen LogP contribution in [0.4, 0.5) is 5.69 Å². The summed E-state index contributed by atoms with van der Waals surface area (Å²) in [7, 11) is 0. The Balaban J connectivity index is 2.31. The Morgan fingerprint density at radius 3 is 2.62 bits per heavy atom. The molecule has 0 aliphatic carbocycles. The number of aryl methyl sites for hydroxylation is 1. The summed E-state index contributed by atoms with van der Waals surface area (Å²) < 4.78 is 5.95. The Morgan fingerprint density at radius 1 is 1.29 bits per heavy atom. The highest BCUT2D eigenvalue weighted by atomic mass is 16.5. The number of nitriles is 1. The van der Waals surface area contributed by atoms with Gasteiger partial charge in [-0.2, -0.15) is 10.3 Å². The standard InChI is InChI=1S/C20H29N3O/c1-6-17-10-16(11-21)7-8-19(17)22-20-23(12-15(4)5)18(13-24-20)9-14(2)3/h7-8,10,14-15,18H,6,9,12-13H2,1-5H3. The maximum absolute atomic E-state index is 9.07. The summed E-state index contributed by atoms with van der Waals surface area (Å²) in [6.07, 6.45) is 1.96. The Kier molecular flexibility index (Phi) is 6.25. The predicted molar refractivity (Wildman–Crippen MR) is 98.4 cm³/mol. The van der Waals surface area contributed by atoms with Crippen LogP contribution < -0.4 is 0 Å². The highest BCUT2D eigenvalue weighted by Gasteiger charge is 2.32. The number of ether oxygens (including phenoxy) is 1. The summed E-state index contributed by atoms with van der Waals surface area (Å²) in [4.78, 5) is 7.13. The summed E-state index contributed by atoms with van der Waals surface area (Å²) >= 11 is 0. The van der Waals surface area contributed by atoms with Gasteiger partial charge in [0.05, 0.1) is 23.4 Å². The van der Waals surface area contributed by atoms with Crippen LogP contribution in [0.15, 0.2) is 23.2 Å². The second-order valence-corrected chi connectivity index (χ2v) is 7.34. The number of amidine groups is 1. The lowest BCUT2D eigenvalue weighted by Crippen LogP contribution is -2.37. The van der Waals surface area contributed by atoms with Gasteiger partial charge in [0.2, 0.25) is 0 Å². The van der Waals surface area contributed by atoms with Gasteiger partial charge in [-0.3, -0.25) is 0 Å². The summed E-state index contributed by atoms with van der Waals surface area (Å²) in [6.45, 7) is 12.7. The fourth-order valence-corrected chi connectivity index (χ4v) is 3.11. The molecule has 130 valence electrons. The van der Waals surface area contributed by atoms with Gasteiger partial charge in [0.15, 0.2) is 0 Å². The summed E-state index contributed by atoms with van der Waals surface area (Å²) in [5.41, 5.74) is 2.67. The first kappa shape index (κ1) is 18.3. The van der Waals surface area contributed by atoms with E-state index in [4.69, 9.17) is 15.0 Å². The van der Waals surface area contributed by atoms with E-state index in [1.165, 1.54) is 0 Å². The van der Waals surface area contributed by atoms with E-state index in [0.717, 1.165) is 36.7 Å². The van der Waals surface area contributed by atoms with Crippen LogP contribution in [0.25, 0.3) is 0 Å². The second-order valence-electron chi connectivity index (χ2n) is 7.34. The van der Waals surface area contributed by atoms with Gasteiger partial charge in [-0.15, -0.1) is 0 Å². The zero-order chi connectivity index (χ0) is 17.7. The molecule has 0 bridgehead atoms. The largest absolute Gasteiger partial charge is 0.463 e. The average Bonchev–Trinajstić information content (AvgIpc) is 2.88. The number of benzene rings is 1. The number of hydrogen-bond donors (Lipinski definition) is 0. The molecular formula is C20H29N3O. The number of nitrogens with zero attached hydrogens (tertiary/aromatic N) is 3. The molecule has 2 rings (SSSR count). The highest BCUT2D eigenvalue weighted by molar-refractivity contribution is 5.80. The molecule has 1 fully saturated rings. The zero-order valence-electron chi connectivity index (χ0n) is 15.5. The van der Waals surface area contributed by atoms with Crippen molar-refractivity contribution in [2.24, 2.45) is 16.8 Å². The molecule has 0 amide bonds. The lowest BCUT2D eigenvalue weighted by molar-refractivity contribution is 0.261. The Bertz CT molecular complexity index is 628. The molecule has 1 atom stereocenters. The van der Waals surface area contributed by atoms with Gasteiger partial charge in [0.25, 0.3) is 6.02 Å². The second kappa shape index (κ2) is 8.19. The van der Waals surface area contributed by atoms with E-state index in [2.05, 4.69) is 45.6 Å². The van der Waals surface area contributed by atoms with Crippen molar-refractivity contribution in [3.05, 3.63) is 29.3 Å². The lowest BCUT2D eigenvalue weighted by atomic mass is 10.0. The summed E-state index contributed by atoms with van der Waals surface area (Å²) in [5, 5.41) is 9.07. The van der Waals surface area contributed by atoms with Crippen LogP contribution in [0.5, 0.6) is 0 Å². The molecule has 24 heavy (non-hydrogen) atoms. The molecule has 1 saturated heterocycles. The first-order chi connectivity index (χ1) is 11.4. The van der Waals surface area contributed by atoms with E-state index in [1.54, 1.807) is 0 Å². The maximum Gasteiger partial charge on any atom is 0.293 e. The van der Waals surface area contributed by atoms with Crippen molar-refractivity contribution in [1.29, 1.82) is 5.26 Å². The van der Waals surface area contributed by atoms with E-state index >= 15 is 0 Å². The first-order valence-electron chi connectivity index (χ1n) is 8.95. The fourth-order valence-electron chi connectivity index (χ4n) is 3.11. The molecule has 0 radical (unpaired) electrons. The first-order valence-corrected chi connectivity index (χ1v) is 8.95. The Hall–Kier alpha value is -2.02. The molecule has 0 spiro atoms. The van der Waals surface area contributed by atoms with Crippen molar-refractivity contribution < 1.29 is 4.74 Å². The zero-order valence-corrected chi connectivity index (χ0v) is 15.5. The van der Waals surface area contributed by atoms with E-state index in [-0.39, 0.29) is 0 Å². The van der Waals surface area contributed by atoms with Crippen molar-refractivity contribution in [3.63, 3.8) is 0 Å². The van der Waals surface area contributed by atoms with Gasteiger partial charge in [-0.25, -0.2) is 0 Å². The third kappa shape index (κ3) is 4.50. The number of hydrogen-bond acceptors (Lipinski definition) is 3. The van der Waals surface area contributed by atoms with Crippen molar-refractivity contribution in [2.75, 3.05) is 13.2 Å². The quantitative estimate of drug-likeness (QED) is 0.772. The molecule has 0 saturated carbocycles. The fraction of sp³-hybridized carbons (Fsp3) is 0.600. The molecule has 0 N–H and O–H groups in total. The van der Waals surface area contributed by atoms with Gasteiger partial charge in [0.1, 0.15) is 6.61 Å². The SMILES string of the molecule is CCc1cc(C#N)ccc1N=C1OCC(CC(C)C)N1CC(C)C. The molecule has 1 heterocycles. The average molecular weight is 327 g/mol. The molecular weight excluding hydrogens is 298 g/mol. The topological polar surface area (TPSA) is 48.6 Å². The van der Waals surface area contributed by atoms with Crippen molar-refractivity contribution in [2.45, 2.75) is 53.5 Å². The minimum atomic E-state index is 0.398. The minimum Gasteiger partial charge on any atom is -0.463 e. The van der Waals surface area contributed by atoms with E-state index in [0.29, 0.717) is 30.0 Å². The van der Waals surface area contributed by atoms with Crippen molar-refractivity contribution in [3.8, 4) is 6.07 Å². The van der Waals surface area contributed by atoms with E-state index < -0.39 is 0 Å². The summed E-state index contributed by atoms with van der Waals surface area (Å²) in [5.74, 6) is 1.19. The number of rotatable bonds is 6. The smallest absolute Gasteiger partial charge is 0.293 e. The lowest BCUT2D eigenvalue weighted by Gasteiger charge is -2.26. The normalized spacial score (nSPS) is 19.2. The van der Waals surface area contributed by atoms with Gasteiger partial charge >= 0.3 is 0 Å². The van der Waals surface area contributed by atoms with Crippen LogP contribution in [0.3, 0.4) is 0 Å². The third-order valence-corrected chi connectivity index (χ3v) is 4.20. The van der Waals surface area contributed by atoms with Gasteiger partial charge < -0.3 is 9.64 Å². The molecule has 4 heteroatoms. The molecule has 1 aliphatic heterocycles. The monoisotopic (exact) mass is 327 g/mol. The van der Waals surface area contributed by atoms with Gasteiger partial charge in [0, 0.05) is 6.54 Å². The van der Waals surface area contributed by atoms with Crippen molar-refractivity contribution >= 4 is 11.7 Å². The molecule has 0 aromatic heterocycles. The molecule has 1 aliphatic rings. The van der Waals surface area contributed by atoms with E-state index in [9.17, 15) is 0 Å². The third-order valence-electron chi connectivity index (χ3n) is 4.20. The Labute approximate surface area is 146 Å². The minimum absolute atomic E-state index is 0.398. The Morgan fingerprint density at radius 2 is 2.04 bits per heavy atom. The van der Waals surface area contributed by atoms with Crippen LogP contribution in [0.1, 0.15) is 52.2 Å². The molecule has 4 nitrogen and oxygen atoms in total. The predicted octanol–water partition coefficient (Wildman–Crippen LogP) is 4.51. The van der Waals surface area contributed by atoms with Gasteiger partial charge in [-0.05, 0) is 48.4 Å². The van der Waals surface area contributed by atoms with E-state index in [1.807, 2.05) is 18.2 Å². The highest BCUT2D eigenvalue weighted by Crippen LogP contribution is 2.26. The number of aliphatic imine (C=N–C) groups is 1. The molecule has 1 aromatic rings. The van der Waals surface area contributed by atoms with Gasteiger partial charge in [-0.1, -0.05) is 34.6 Å².